The molecule has 2 unspecified atom stereocenters. The lowest BCUT2D eigenvalue weighted by atomic mass is 9.98. The van der Waals surface area contributed by atoms with Gasteiger partial charge in [0.25, 0.3) is 0 Å². The molecule has 0 bridgehead atoms. The van der Waals surface area contributed by atoms with E-state index in [1.807, 2.05) is 69.2 Å². The maximum absolute atomic E-state index is 12.3. The van der Waals surface area contributed by atoms with E-state index >= 15 is 0 Å². The fraction of sp³-hybridized carbons (Fsp3) is 0.852. The van der Waals surface area contributed by atoms with Gasteiger partial charge in [0.05, 0.1) is 14.2 Å². The fourth-order valence-corrected chi connectivity index (χ4v) is 3.31. The van der Waals surface area contributed by atoms with Gasteiger partial charge < -0.3 is 30.3 Å². The van der Waals surface area contributed by atoms with Gasteiger partial charge in [-0.15, -0.1) is 0 Å². The van der Waals surface area contributed by atoms with E-state index < -0.39 is 12.1 Å². The molecule has 0 rings (SSSR count). The van der Waals surface area contributed by atoms with E-state index in [2.05, 4.69) is 32.3 Å². The number of nitrogens with zero attached hydrogens (tertiary/aromatic N) is 1. The summed E-state index contributed by atoms with van der Waals surface area (Å²) in [6.07, 6.45) is 2.67. The molecular weight excluding hydrogens is 476 g/mol. The number of nitrogens with one attached hydrogen (secondary N) is 3. The molecule has 0 heterocycles. The van der Waals surface area contributed by atoms with Crippen LogP contribution in [-0.4, -0.2) is 74.8 Å². The van der Waals surface area contributed by atoms with Crippen LogP contribution in [0.2, 0.25) is 0 Å². The molecule has 0 saturated heterocycles. The van der Waals surface area contributed by atoms with Crippen molar-refractivity contribution in [3.05, 3.63) is 0 Å². The number of alkyl carbamates (subject to hydrolysis) is 2. The average molecular weight is 535 g/mol. The van der Waals surface area contributed by atoms with Gasteiger partial charge in [-0.3, -0.25) is 9.59 Å². The number of ether oxygens (including phenoxy) is 2. The summed E-state index contributed by atoms with van der Waals surface area (Å²) in [4.78, 5) is 46.1. The van der Waals surface area contributed by atoms with Crippen LogP contribution in [0.4, 0.5) is 9.59 Å². The van der Waals surface area contributed by atoms with Gasteiger partial charge in [-0.1, -0.05) is 48.5 Å². The van der Waals surface area contributed by atoms with Gasteiger partial charge >= 0.3 is 12.2 Å². The Hall–Kier alpha value is -2.52. The van der Waals surface area contributed by atoms with Gasteiger partial charge in [0.2, 0.25) is 12.3 Å². The first-order valence-electron chi connectivity index (χ1n) is 13.6. The van der Waals surface area contributed by atoms with Crippen molar-refractivity contribution in [1.82, 2.24) is 20.9 Å². The van der Waals surface area contributed by atoms with E-state index in [9.17, 15) is 19.2 Å². The second kappa shape index (κ2) is 28.1. The highest BCUT2D eigenvalue weighted by molar-refractivity contribution is 5.86. The molecular formula is C27H58N4O6. The molecule has 10 heteroatoms. The van der Waals surface area contributed by atoms with Crippen LogP contribution in [0.5, 0.6) is 0 Å². The second-order valence-electron chi connectivity index (χ2n) is 8.67. The molecule has 0 aliphatic carbocycles. The van der Waals surface area contributed by atoms with Crippen molar-refractivity contribution in [1.29, 1.82) is 0 Å². The standard InChI is InChI=1S/C12H24N2O3.C11H22N2O3.2C2H6/c1-7-14(9(4)5)11(15)10(8(2)3)13-12(16)17-6;1-9(5-4-6-12-8-14)7-10(2)13-11(15)16-3;2*1-2/h8-10H,7H2,1-6H3,(H,13,16);8-10H,4-7H2,1-3H3,(H,12,14)(H,13,15);2*1-2H3/t;9-,10?;;/m.1../s1. The minimum atomic E-state index is -0.572. The molecule has 4 amide bonds. The van der Waals surface area contributed by atoms with Gasteiger partial charge in [0, 0.05) is 25.2 Å². The fourth-order valence-electron chi connectivity index (χ4n) is 3.31. The largest absolute Gasteiger partial charge is 0.453 e. The molecule has 0 fully saturated rings. The SMILES string of the molecule is CC.CC.CCN(C(=O)C(NC(=O)OC)C(C)C)C(C)C.COC(=O)NC(C)C[C@H](C)CCCNC=O. The number of methoxy groups -OCH3 is 2. The van der Waals surface area contributed by atoms with Crippen LogP contribution >= 0.6 is 0 Å². The van der Waals surface area contributed by atoms with E-state index in [1.54, 1.807) is 4.90 Å². The summed E-state index contributed by atoms with van der Waals surface area (Å²) < 4.78 is 9.05. The third kappa shape index (κ3) is 23.6. The Kier molecular flexibility index (Phi) is 31.5. The number of rotatable bonds is 13. The molecule has 222 valence electrons. The Bertz CT molecular complexity index is 573. The summed E-state index contributed by atoms with van der Waals surface area (Å²) >= 11 is 0. The highest BCUT2D eigenvalue weighted by Crippen LogP contribution is 2.12. The van der Waals surface area contributed by atoms with Gasteiger partial charge in [0.15, 0.2) is 0 Å². The molecule has 0 spiro atoms. The third-order valence-corrected chi connectivity index (χ3v) is 5.05. The lowest BCUT2D eigenvalue weighted by molar-refractivity contribution is -0.135. The van der Waals surface area contributed by atoms with E-state index in [4.69, 9.17) is 0 Å². The van der Waals surface area contributed by atoms with Crippen molar-refractivity contribution in [3.8, 4) is 0 Å². The van der Waals surface area contributed by atoms with Crippen molar-refractivity contribution in [2.75, 3.05) is 27.3 Å². The number of carbonyl (C=O) groups is 4. The average Bonchev–Trinajstić information content (AvgIpc) is 2.87. The first kappa shape index (κ1) is 41.6. The Morgan fingerprint density at radius 2 is 1.35 bits per heavy atom. The number of amides is 4. The number of hydrogen-bond donors (Lipinski definition) is 3. The lowest BCUT2D eigenvalue weighted by Crippen LogP contribution is -2.52. The highest BCUT2D eigenvalue weighted by atomic mass is 16.5. The molecule has 0 aliphatic rings. The van der Waals surface area contributed by atoms with E-state index in [1.165, 1.54) is 14.2 Å². The predicted octanol–water partition coefficient (Wildman–Crippen LogP) is 4.96. The topological polar surface area (TPSA) is 126 Å². The van der Waals surface area contributed by atoms with Crippen molar-refractivity contribution >= 4 is 24.5 Å². The van der Waals surface area contributed by atoms with Crippen LogP contribution in [-0.2, 0) is 19.1 Å². The van der Waals surface area contributed by atoms with Crippen molar-refractivity contribution < 1.29 is 28.7 Å². The first-order valence-corrected chi connectivity index (χ1v) is 13.6. The number of carbonyl (C=O) groups excluding carboxylic acids is 4. The summed E-state index contributed by atoms with van der Waals surface area (Å²) in [5.41, 5.74) is 0. The zero-order valence-electron chi connectivity index (χ0n) is 25.9. The minimum Gasteiger partial charge on any atom is -0.453 e. The third-order valence-electron chi connectivity index (χ3n) is 5.05. The quantitative estimate of drug-likeness (QED) is 0.226. The van der Waals surface area contributed by atoms with Crippen molar-refractivity contribution in [2.24, 2.45) is 11.8 Å². The lowest BCUT2D eigenvalue weighted by Gasteiger charge is -2.31. The maximum Gasteiger partial charge on any atom is 0.407 e. The van der Waals surface area contributed by atoms with Crippen LogP contribution in [0.25, 0.3) is 0 Å². The summed E-state index contributed by atoms with van der Waals surface area (Å²) in [5.74, 6) is 0.470. The molecule has 0 saturated carbocycles. The second-order valence-corrected chi connectivity index (χ2v) is 8.67. The van der Waals surface area contributed by atoms with E-state index in [-0.39, 0.29) is 30.0 Å². The zero-order chi connectivity index (χ0) is 30.0. The van der Waals surface area contributed by atoms with Gasteiger partial charge in [0.1, 0.15) is 6.04 Å². The summed E-state index contributed by atoms with van der Waals surface area (Å²) in [6.45, 7) is 23.1. The van der Waals surface area contributed by atoms with Crippen LogP contribution in [0.1, 0.15) is 95.4 Å². The van der Waals surface area contributed by atoms with Crippen LogP contribution < -0.4 is 16.0 Å². The molecule has 0 aliphatic heterocycles. The number of hydrogen-bond acceptors (Lipinski definition) is 6. The number of likely N-dealkylation sites (N-methyl/N-ethyl adjacent to an activating group) is 1. The maximum atomic E-state index is 12.3. The van der Waals surface area contributed by atoms with Gasteiger partial charge in [-0.2, -0.15) is 0 Å². The molecule has 0 aromatic heterocycles. The van der Waals surface area contributed by atoms with Gasteiger partial charge in [-0.25, -0.2) is 9.59 Å². The molecule has 0 aromatic carbocycles. The van der Waals surface area contributed by atoms with Crippen molar-refractivity contribution in [2.45, 2.75) is 114 Å². The van der Waals surface area contributed by atoms with Gasteiger partial charge in [-0.05, 0) is 58.8 Å². The van der Waals surface area contributed by atoms with E-state index in [0.29, 0.717) is 25.4 Å². The normalized spacial score (nSPS) is 12.0. The monoisotopic (exact) mass is 534 g/mol. The summed E-state index contributed by atoms with van der Waals surface area (Å²) in [6, 6.07) is -0.306. The van der Waals surface area contributed by atoms with Crippen LogP contribution in [0.3, 0.4) is 0 Å². The van der Waals surface area contributed by atoms with Crippen molar-refractivity contribution in [3.63, 3.8) is 0 Å². The van der Waals surface area contributed by atoms with E-state index in [0.717, 1.165) is 19.3 Å². The summed E-state index contributed by atoms with van der Waals surface area (Å²) in [7, 11) is 2.65. The summed E-state index contributed by atoms with van der Waals surface area (Å²) in [5, 5.41) is 7.94. The Morgan fingerprint density at radius 3 is 1.73 bits per heavy atom. The molecule has 3 N–H and O–H groups in total. The highest BCUT2D eigenvalue weighted by Gasteiger charge is 2.29. The minimum absolute atomic E-state index is 0.0226. The smallest absolute Gasteiger partial charge is 0.407 e. The van der Waals surface area contributed by atoms with Crippen LogP contribution in [0.15, 0.2) is 0 Å². The Morgan fingerprint density at radius 1 is 0.865 bits per heavy atom. The zero-order valence-corrected chi connectivity index (χ0v) is 25.9. The predicted molar refractivity (Wildman–Crippen MR) is 151 cm³/mol. The van der Waals surface area contributed by atoms with Crippen LogP contribution in [0, 0.1) is 11.8 Å². The molecule has 37 heavy (non-hydrogen) atoms. The Labute approximate surface area is 227 Å². The molecule has 0 aromatic rings. The molecule has 0 radical (unpaired) electrons. The molecule has 10 nitrogen and oxygen atoms in total. The first-order chi connectivity index (χ1) is 17.4. The molecule has 3 atom stereocenters. The Balaban J connectivity index is -0.000000259.